The van der Waals surface area contributed by atoms with E-state index < -0.39 is 0 Å². The van der Waals surface area contributed by atoms with E-state index in [9.17, 15) is 0 Å². The van der Waals surface area contributed by atoms with E-state index in [1.54, 1.807) is 0 Å². The van der Waals surface area contributed by atoms with Gasteiger partial charge >= 0.3 is 0 Å². The predicted octanol–water partition coefficient (Wildman–Crippen LogP) is 14.4. The second-order valence-corrected chi connectivity index (χ2v) is 14.6. The van der Waals surface area contributed by atoms with E-state index in [0.717, 1.165) is 66.8 Å². The third-order valence-electron chi connectivity index (χ3n) is 10.9. The highest BCUT2D eigenvalue weighted by Gasteiger charge is 2.17. The van der Waals surface area contributed by atoms with E-state index in [-0.39, 0.29) is 5.84 Å². The fourth-order valence-corrected chi connectivity index (χ4v) is 7.86. The first-order valence-corrected chi connectivity index (χ1v) is 20.0. The van der Waals surface area contributed by atoms with Gasteiger partial charge in [0.15, 0.2) is 11.7 Å². The number of furan rings is 1. The zero-order chi connectivity index (χ0) is 40.3. The molecule has 0 saturated carbocycles. The van der Waals surface area contributed by atoms with Crippen LogP contribution >= 0.6 is 0 Å². The van der Waals surface area contributed by atoms with Crippen LogP contribution in [0.1, 0.15) is 16.7 Å². The molecular formula is C55H38N4O. The van der Waals surface area contributed by atoms with Crippen molar-refractivity contribution in [3.05, 3.63) is 235 Å². The molecule has 0 atom stereocenters. The minimum Gasteiger partial charge on any atom is -0.456 e. The van der Waals surface area contributed by atoms with Crippen LogP contribution in [0.5, 0.6) is 0 Å². The molecule has 0 aliphatic carbocycles. The summed E-state index contributed by atoms with van der Waals surface area (Å²) >= 11 is 0. The van der Waals surface area contributed by atoms with Crippen molar-refractivity contribution in [3.8, 4) is 22.3 Å². The van der Waals surface area contributed by atoms with Crippen LogP contribution in [-0.2, 0) is 0 Å². The number of amidine groups is 2. The van der Waals surface area contributed by atoms with Crippen molar-refractivity contribution in [2.24, 2.45) is 9.98 Å². The van der Waals surface area contributed by atoms with Crippen molar-refractivity contribution in [2.75, 3.05) is 4.90 Å². The molecule has 0 fully saturated rings. The highest BCUT2D eigenvalue weighted by molar-refractivity contribution is 6.17. The Morgan fingerprint density at radius 3 is 1.75 bits per heavy atom. The zero-order valence-electron chi connectivity index (χ0n) is 32.6. The van der Waals surface area contributed by atoms with Gasteiger partial charge in [-0.05, 0) is 76.2 Å². The summed E-state index contributed by atoms with van der Waals surface area (Å²) in [7, 11) is 0. The Bertz CT molecular complexity index is 3180. The van der Waals surface area contributed by atoms with Gasteiger partial charge in [-0.25, -0.2) is 9.98 Å². The molecule has 9 aromatic carbocycles. The normalized spacial score (nSPS) is 11.8. The topological polar surface area (TPSA) is 65.0 Å². The summed E-state index contributed by atoms with van der Waals surface area (Å²) in [5.41, 5.74) is 11.8. The SMILES string of the molecule is N=C(N=C(N=Cc1cccc2oc3cc(-c4ccc(N(c5ccc(-c6ccccc6)cc5)c5cccc6ccccc56)cc4)ccc3c12)c1ccccc1)c1ccccc1. The Morgan fingerprint density at radius 1 is 0.467 bits per heavy atom. The van der Waals surface area contributed by atoms with Crippen molar-refractivity contribution in [1.82, 2.24) is 0 Å². The van der Waals surface area contributed by atoms with E-state index in [4.69, 9.17) is 14.8 Å². The molecule has 5 heteroatoms. The molecular weight excluding hydrogens is 733 g/mol. The van der Waals surface area contributed by atoms with Crippen molar-refractivity contribution < 1.29 is 4.42 Å². The number of anilines is 3. The zero-order valence-corrected chi connectivity index (χ0v) is 32.6. The summed E-state index contributed by atoms with van der Waals surface area (Å²) in [4.78, 5) is 11.9. The van der Waals surface area contributed by atoms with Crippen LogP contribution in [0.25, 0.3) is 55.0 Å². The largest absolute Gasteiger partial charge is 0.456 e. The summed E-state index contributed by atoms with van der Waals surface area (Å²) in [5, 5.41) is 13.1. The standard InChI is InChI=1S/C55H38N4O/c56-54(42-17-6-2-7-18-42)58-55(43-19-8-3-9-20-43)57-37-45-22-13-25-51-53(45)49-35-30-44(36-52(49)60-51)40-28-33-47(34-29-40)59(50-24-12-21-41-16-10-11-23-48(41)50)46-31-26-39(27-32-46)38-14-4-1-5-15-38/h1-37,56H. The van der Waals surface area contributed by atoms with Crippen LogP contribution < -0.4 is 4.90 Å². The lowest BCUT2D eigenvalue weighted by atomic mass is 10.0. The molecule has 284 valence electrons. The number of hydrogen-bond donors (Lipinski definition) is 1. The van der Waals surface area contributed by atoms with E-state index in [2.05, 4.69) is 143 Å². The summed E-state index contributed by atoms with van der Waals surface area (Å²) in [6.07, 6.45) is 1.82. The van der Waals surface area contributed by atoms with Crippen molar-refractivity contribution >= 4 is 67.7 Å². The quantitative estimate of drug-likeness (QED) is 0.124. The monoisotopic (exact) mass is 770 g/mol. The molecule has 0 saturated heterocycles. The highest BCUT2D eigenvalue weighted by atomic mass is 16.3. The molecule has 0 spiro atoms. The molecule has 0 unspecified atom stereocenters. The molecule has 0 bridgehead atoms. The highest BCUT2D eigenvalue weighted by Crippen LogP contribution is 2.41. The second kappa shape index (κ2) is 16.0. The molecule has 1 aromatic heterocycles. The van der Waals surface area contributed by atoms with E-state index in [1.807, 2.05) is 91.1 Å². The maximum absolute atomic E-state index is 8.69. The third kappa shape index (κ3) is 7.17. The molecule has 1 heterocycles. The van der Waals surface area contributed by atoms with Gasteiger partial charge in [-0.2, -0.15) is 0 Å². The number of benzene rings is 9. The fourth-order valence-electron chi connectivity index (χ4n) is 7.86. The molecule has 10 aromatic rings. The number of rotatable bonds is 8. The van der Waals surface area contributed by atoms with E-state index >= 15 is 0 Å². The molecule has 10 rings (SSSR count). The summed E-state index contributed by atoms with van der Waals surface area (Å²) in [6, 6.07) is 74.8. The molecule has 0 amide bonds. The molecule has 0 aliphatic rings. The van der Waals surface area contributed by atoms with Gasteiger partial charge < -0.3 is 9.32 Å². The van der Waals surface area contributed by atoms with Gasteiger partial charge in [0, 0.05) is 50.4 Å². The number of nitrogens with zero attached hydrogens (tertiary/aromatic N) is 3. The molecule has 1 N–H and O–H groups in total. The number of fused-ring (bicyclic) bond motifs is 4. The average molecular weight is 771 g/mol. The number of aliphatic imine (C=N–C) groups is 2. The number of hydrogen-bond acceptors (Lipinski definition) is 3. The first-order valence-electron chi connectivity index (χ1n) is 20.0. The van der Waals surface area contributed by atoms with Crippen molar-refractivity contribution in [1.29, 1.82) is 5.41 Å². The Morgan fingerprint density at radius 2 is 1.03 bits per heavy atom. The van der Waals surface area contributed by atoms with Crippen molar-refractivity contribution in [3.63, 3.8) is 0 Å². The molecule has 0 radical (unpaired) electrons. The Kier molecular flexibility index (Phi) is 9.66. The van der Waals surface area contributed by atoms with Crippen LogP contribution in [0.15, 0.2) is 233 Å². The van der Waals surface area contributed by atoms with Crippen LogP contribution in [0.4, 0.5) is 17.1 Å². The minimum absolute atomic E-state index is 0.151. The molecule has 0 aliphatic heterocycles. The van der Waals surface area contributed by atoms with Crippen LogP contribution in [-0.4, -0.2) is 17.9 Å². The summed E-state index contributed by atoms with van der Waals surface area (Å²) in [5.74, 6) is 0.612. The van der Waals surface area contributed by atoms with E-state index in [0.29, 0.717) is 5.84 Å². The lowest BCUT2D eigenvalue weighted by Gasteiger charge is -2.27. The van der Waals surface area contributed by atoms with Crippen LogP contribution in [0.3, 0.4) is 0 Å². The Hall–Kier alpha value is -8.15. The first kappa shape index (κ1) is 36.2. The van der Waals surface area contributed by atoms with Crippen LogP contribution in [0, 0.1) is 5.41 Å². The van der Waals surface area contributed by atoms with Gasteiger partial charge in [0.25, 0.3) is 0 Å². The summed E-state index contributed by atoms with van der Waals surface area (Å²) < 4.78 is 6.49. The Labute approximate surface area is 348 Å². The van der Waals surface area contributed by atoms with Gasteiger partial charge in [0.1, 0.15) is 11.2 Å². The summed E-state index contributed by atoms with van der Waals surface area (Å²) in [6.45, 7) is 0. The Balaban J connectivity index is 0.988. The predicted molar refractivity (Wildman–Crippen MR) is 251 cm³/mol. The van der Waals surface area contributed by atoms with Gasteiger partial charge in [-0.1, -0.05) is 170 Å². The maximum Gasteiger partial charge on any atom is 0.161 e. The fraction of sp³-hybridized carbons (Fsp3) is 0. The van der Waals surface area contributed by atoms with Gasteiger partial charge in [-0.3, -0.25) is 5.41 Å². The second-order valence-electron chi connectivity index (χ2n) is 14.6. The maximum atomic E-state index is 8.69. The average Bonchev–Trinajstić information content (AvgIpc) is 3.70. The lowest BCUT2D eigenvalue weighted by molar-refractivity contribution is 0.669. The minimum atomic E-state index is 0.151. The molecule has 5 nitrogen and oxygen atoms in total. The molecule has 60 heavy (non-hydrogen) atoms. The van der Waals surface area contributed by atoms with Gasteiger partial charge in [0.05, 0.1) is 5.69 Å². The van der Waals surface area contributed by atoms with Gasteiger partial charge in [-0.15, -0.1) is 0 Å². The number of nitrogens with one attached hydrogen (secondary N) is 1. The van der Waals surface area contributed by atoms with E-state index in [1.165, 1.54) is 21.9 Å². The lowest BCUT2D eigenvalue weighted by Crippen LogP contribution is -2.10. The van der Waals surface area contributed by atoms with Crippen LogP contribution in [0.2, 0.25) is 0 Å². The smallest absolute Gasteiger partial charge is 0.161 e. The first-order chi connectivity index (χ1) is 29.7. The third-order valence-corrected chi connectivity index (χ3v) is 10.9. The van der Waals surface area contributed by atoms with Gasteiger partial charge in [0.2, 0.25) is 0 Å². The van der Waals surface area contributed by atoms with Crippen molar-refractivity contribution in [2.45, 2.75) is 0 Å².